The average molecular weight is 201 g/mol. The maximum absolute atomic E-state index is 12.7. The largest absolute Gasteiger partial charge is 0.493 e. The minimum Gasteiger partial charge on any atom is -0.493 e. The van der Waals surface area contributed by atoms with Gasteiger partial charge in [0.2, 0.25) is 0 Å². The Bertz CT molecular complexity index is 291. The fraction of sp³-hybridized carbons (Fsp3) is 0.400. The summed E-state index contributed by atoms with van der Waals surface area (Å²) < 4.78 is 30.4. The van der Waals surface area contributed by atoms with Crippen molar-refractivity contribution in [2.75, 3.05) is 20.2 Å². The maximum atomic E-state index is 12.7. The molecule has 0 atom stereocenters. The lowest BCUT2D eigenvalue weighted by Crippen LogP contribution is -2.11. The van der Waals surface area contributed by atoms with Gasteiger partial charge in [-0.25, -0.2) is 8.78 Å². The standard InChI is InChI=1S/C10H13F2NO/c1-13-5-2-6-14-8-3-4-9(11)10(12)7-8/h3-4,7,13H,2,5-6H2,1H3. The van der Waals surface area contributed by atoms with Gasteiger partial charge in [0, 0.05) is 6.07 Å². The van der Waals surface area contributed by atoms with Crippen LogP contribution >= 0.6 is 0 Å². The lowest BCUT2D eigenvalue weighted by molar-refractivity contribution is 0.307. The molecule has 0 aliphatic rings. The van der Waals surface area contributed by atoms with Gasteiger partial charge in [-0.15, -0.1) is 0 Å². The lowest BCUT2D eigenvalue weighted by atomic mass is 10.3. The Morgan fingerprint density at radius 3 is 2.71 bits per heavy atom. The van der Waals surface area contributed by atoms with Crippen LogP contribution in [0.25, 0.3) is 0 Å². The van der Waals surface area contributed by atoms with E-state index in [-0.39, 0.29) is 0 Å². The van der Waals surface area contributed by atoms with Crippen molar-refractivity contribution in [3.63, 3.8) is 0 Å². The second kappa shape index (κ2) is 5.54. The van der Waals surface area contributed by atoms with E-state index in [1.54, 1.807) is 0 Å². The van der Waals surface area contributed by atoms with Crippen molar-refractivity contribution in [2.24, 2.45) is 0 Å². The summed E-state index contributed by atoms with van der Waals surface area (Å²) in [5.41, 5.74) is 0. The zero-order chi connectivity index (χ0) is 10.4. The van der Waals surface area contributed by atoms with Gasteiger partial charge in [0.05, 0.1) is 6.61 Å². The molecule has 0 saturated heterocycles. The molecule has 0 spiro atoms. The van der Waals surface area contributed by atoms with Gasteiger partial charge in [-0.05, 0) is 32.1 Å². The van der Waals surface area contributed by atoms with Gasteiger partial charge < -0.3 is 10.1 Å². The van der Waals surface area contributed by atoms with Gasteiger partial charge in [0.15, 0.2) is 11.6 Å². The van der Waals surface area contributed by atoms with Crippen LogP contribution in [-0.2, 0) is 0 Å². The number of rotatable bonds is 5. The summed E-state index contributed by atoms with van der Waals surface area (Å²) >= 11 is 0. The van der Waals surface area contributed by atoms with E-state index in [4.69, 9.17) is 4.74 Å². The van der Waals surface area contributed by atoms with Crippen LogP contribution in [0.15, 0.2) is 18.2 Å². The van der Waals surface area contributed by atoms with Crippen LogP contribution in [-0.4, -0.2) is 20.2 Å². The quantitative estimate of drug-likeness (QED) is 0.735. The molecule has 1 rings (SSSR count). The molecule has 14 heavy (non-hydrogen) atoms. The molecule has 4 heteroatoms. The fourth-order valence-corrected chi connectivity index (χ4v) is 1.01. The zero-order valence-electron chi connectivity index (χ0n) is 8.02. The summed E-state index contributed by atoms with van der Waals surface area (Å²) in [7, 11) is 1.84. The third-order valence-corrected chi connectivity index (χ3v) is 1.73. The molecule has 0 amide bonds. The molecular weight excluding hydrogens is 188 g/mol. The van der Waals surface area contributed by atoms with E-state index in [1.807, 2.05) is 7.05 Å². The van der Waals surface area contributed by atoms with Crippen LogP contribution in [0.4, 0.5) is 8.78 Å². The summed E-state index contributed by atoms with van der Waals surface area (Å²) in [5.74, 6) is -1.37. The molecule has 0 fully saturated rings. The predicted molar refractivity (Wildman–Crippen MR) is 50.4 cm³/mol. The van der Waals surface area contributed by atoms with Crippen molar-refractivity contribution in [1.82, 2.24) is 5.32 Å². The highest BCUT2D eigenvalue weighted by Crippen LogP contribution is 2.15. The Labute approximate surface area is 81.9 Å². The van der Waals surface area contributed by atoms with E-state index in [1.165, 1.54) is 6.07 Å². The van der Waals surface area contributed by atoms with Crippen molar-refractivity contribution in [3.05, 3.63) is 29.8 Å². The average Bonchev–Trinajstić information content (AvgIpc) is 2.18. The molecular formula is C10H13F2NO. The van der Waals surface area contributed by atoms with E-state index in [0.29, 0.717) is 12.4 Å². The van der Waals surface area contributed by atoms with Crippen LogP contribution in [0.2, 0.25) is 0 Å². The fourth-order valence-electron chi connectivity index (χ4n) is 1.01. The van der Waals surface area contributed by atoms with Gasteiger partial charge in [0.25, 0.3) is 0 Å². The van der Waals surface area contributed by atoms with Gasteiger partial charge in [-0.1, -0.05) is 0 Å². The van der Waals surface area contributed by atoms with Crippen molar-refractivity contribution >= 4 is 0 Å². The molecule has 0 saturated carbocycles. The second-order valence-corrected chi connectivity index (χ2v) is 2.88. The summed E-state index contributed by atoms with van der Waals surface area (Å²) in [6, 6.07) is 3.52. The van der Waals surface area contributed by atoms with Crippen LogP contribution in [0, 0.1) is 11.6 Å². The first-order valence-electron chi connectivity index (χ1n) is 4.46. The van der Waals surface area contributed by atoms with Gasteiger partial charge in [0.1, 0.15) is 5.75 Å². The van der Waals surface area contributed by atoms with E-state index < -0.39 is 11.6 Å². The van der Waals surface area contributed by atoms with Crippen LogP contribution in [0.3, 0.4) is 0 Å². The number of halogens is 2. The maximum Gasteiger partial charge on any atom is 0.162 e. The lowest BCUT2D eigenvalue weighted by Gasteiger charge is -2.05. The van der Waals surface area contributed by atoms with Crippen LogP contribution < -0.4 is 10.1 Å². The molecule has 1 aromatic carbocycles. The Balaban J connectivity index is 2.39. The van der Waals surface area contributed by atoms with E-state index in [0.717, 1.165) is 25.1 Å². The van der Waals surface area contributed by atoms with Crippen LogP contribution in [0.1, 0.15) is 6.42 Å². The summed E-state index contributed by atoms with van der Waals surface area (Å²) in [6.07, 6.45) is 0.829. The van der Waals surface area contributed by atoms with Crippen molar-refractivity contribution in [3.8, 4) is 5.75 Å². The highest BCUT2D eigenvalue weighted by atomic mass is 19.2. The van der Waals surface area contributed by atoms with E-state index in [9.17, 15) is 8.78 Å². The highest BCUT2D eigenvalue weighted by molar-refractivity contribution is 5.23. The summed E-state index contributed by atoms with van der Waals surface area (Å²) in [6.45, 7) is 1.33. The Kier molecular flexibility index (Phi) is 4.32. The molecule has 0 aliphatic carbocycles. The van der Waals surface area contributed by atoms with Crippen molar-refractivity contribution in [1.29, 1.82) is 0 Å². The number of hydrogen-bond acceptors (Lipinski definition) is 2. The molecule has 78 valence electrons. The molecule has 0 radical (unpaired) electrons. The first-order chi connectivity index (χ1) is 6.74. The minimum absolute atomic E-state index is 0.361. The Morgan fingerprint density at radius 1 is 1.29 bits per heavy atom. The molecule has 1 N–H and O–H groups in total. The first-order valence-corrected chi connectivity index (χ1v) is 4.46. The van der Waals surface area contributed by atoms with Crippen LogP contribution in [0.5, 0.6) is 5.75 Å². The van der Waals surface area contributed by atoms with Crippen molar-refractivity contribution < 1.29 is 13.5 Å². The minimum atomic E-state index is -0.879. The Morgan fingerprint density at radius 2 is 2.07 bits per heavy atom. The molecule has 2 nitrogen and oxygen atoms in total. The smallest absolute Gasteiger partial charge is 0.162 e. The number of nitrogens with one attached hydrogen (secondary N) is 1. The third-order valence-electron chi connectivity index (χ3n) is 1.73. The monoisotopic (exact) mass is 201 g/mol. The topological polar surface area (TPSA) is 21.3 Å². The molecule has 0 bridgehead atoms. The first kappa shape index (κ1) is 10.9. The van der Waals surface area contributed by atoms with E-state index in [2.05, 4.69) is 5.32 Å². The van der Waals surface area contributed by atoms with Gasteiger partial charge >= 0.3 is 0 Å². The Hall–Kier alpha value is -1.16. The molecule has 0 aliphatic heterocycles. The SMILES string of the molecule is CNCCCOc1ccc(F)c(F)c1. The number of ether oxygens (including phenoxy) is 1. The summed E-state index contributed by atoms with van der Waals surface area (Å²) in [4.78, 5) is 0. The number of benzene rings is 1. The second-order valence-electron chi connectivity index (χ2n) is 2.88. The third kappa shape index (κ3) is 3.30. The number of hydrogen-bond donors (Lipinski definition) is 1. The summed E-state index contributed by atoms with van der Waals surface area (Å²) in [5, 5.41) is 2.96. The molecule has 0 unspecified atom stereocenters. The molecule has 0 heterocycles. The van der Waals surface area contributed by atoms with Gasteiger partial charge in [-0.3, -0.25) is 0 Å². The van der Waals surface area contributed by atoms with Crippen molar-refractivity contribution in [2.45, 2.75) is 6.42 Å². The zero-order valence-corrected chi connectivity index (χ0v) is 8.02. The predicted octanol–water partition coefficient (Wildman–Crippen LogP) is 1.95. The molecule has 0 aromatic heterocycles. The highest BCUT2D eigenvalue weighted by Gasteiger charge is 2.02. The van der Waals surface area contributed by atoms with Gasteiger partial charge in [-0.2, -0.15) is 0 Å². The van der Waals surface area contributed by atoms with E-state index >= 15 is 0 Å². The normalized spacial score (nSPS) is 10.2. The molecule has 1 aromatic rings.